The molecule has 0 saturated carbocycles. The lowest BCUT2D eigenvalue weighted by Crippen LogP contribution is -2.17. The van der Waals surface area contributed by atoms with E-state index in [-0.39, 0.29) is 5.82 Å². The summed E-state index contributed by atoms with van der Waals surface area (Å²) >= 11 is 1.40. The first-order chi connectivity index (χ1) is 15.7. The normalized spacial score (nSPS) is 12.0. The molecule has 0 radical (unpaired) electrons. The van der Waals surface area contributed by atoms with Crippen molar-refractivity contribution in [1.29, 1.82) is 0 Å². The Balaban J connectivity index is 1.83. The standard InChI is InChI=1S/C25H25F3N4S/c1-16-7-4-8-20-22(16)30-23(31-24(20)29-10-6-11-32(2)3)18-13-17(21-9-5-12-33-21)14-19(15-18)25(26,27)28/h4-5,7-9,12-15H,6,10-11H2,1-3H3,(H,29,30,31). The summed E-state index contributed by atoms with van der Waals surface area (Å²) in [6, 6.07) is 13.5. The van der Waals surface area contributed by atoms with Crippen LogP contribution in [0.5, 0.6) is 0 Å². The molecule has 0 amide bonds. The van der Waals surface area contributed by atoms with Gasteiger partial charge in [0, 0.05) is 22.4 Å². The molecule has 0 bridgehead atoms. The Morgan fingerprint density at radius 1 is 1.00 bits per heavy atom. The first-order valence-corrected chi connectivity index (χ1v) is 11.5. The lowest BCUT2D eigenvalue weighted by atomic mass is 10.0. The minimum absolute atomic E-state index is 0.274. The summed E-state index contributed by atoms with van der Waals surface area (Å²) in [5.74, 6) is 0.906. The number of anilines is 1. The summed E-state index contributed by atoms with van der Waals surface area (Å²) in [4.78, 5) is 12.2. The van der Waals surface area contributed by atoms with E-state index >= 15 is 0 Å². The minimum Gasteiger partial charge on any atom is -0.369 e. The first-order valence-electron chi connectivity index (χ1n) is 10.6. The van der Waals surface area contributed by atoms with Crippen molar-refractivity contribution in [3.8, 4) is 21.8 Å². The molecule has 8 heteroatoms. The summed E-state index contributed by atoms with van der Waals surface area (Å²) in [5, 5.41) is 6.07. The Labute approximate surface area is 195 Å². The highest BCUT2D eigenvalue weighted by Crippen LogP contribution is 2.37. The maximum Gasteiger partial charge on any atom is 0.416 e. The van der Waals surface area contributed by atoms with Crippen LogP contribution in [0.1, 0.15) is 17.5 Å². The van der Waals surface area contributed by atoms with Crippen molar-refractivity contribution in [3.05, 3.63) is 65.0 Å². The number of rotatable bonds is 7. The van der Waals surface area contributed by atoms with Gasteiger partial charge in [-0.2, -0.15) is 13.2 Å². The second kappa shape index (κ2) is 9.49. The number of thiophene rings is 1. The topological polar surface area (TPSA) is 41.0 Å². The zero-order valence-electron chi connectivity index (χ0n) is 18.7. The van der Waals surface area contributed by atoms with E-state index in [1.807, 2.05) is 56.7 Å². The number of aryl methyl sites for hydroxylation is 1. The van der Waals surface area contributed by atoms with E-state index in [1.54, 1.807) is 6.07 Å². The van der Waals surface area contributed by atoms with Crippen LogP contribution in [0, 0.1) is 6.92 Å². The molecule has 0 aliphatic heterocycles. The van der Waals surface area contributed by atoms with Crippen molar-refractivity contribution in [2.45, 2.75) is 19.5 Å². The van der Waals surface area contributed by atoms with Gasteiger partial charge in [-0.15, -0.1) is 11.3 Å². The maximum absolute atomic E-state index is 13.7. The Morgan fingerprint density at radius 3 is 2.48 bits per heavy atom. The van der Waals surface area contributed by atoms with Gasteiger partial charge in [0.2, 0.25) is 0 Å². The van der Waals surface area contributed by atoms with Gasteiger partial charge in [-0.3, -0.25) is 0 Å². The molecule has 172 valence electrons. The highest BCUT2D eigenvalue weighted by Gasteiger charge is 2.32. The van der Waals surface area contributed by atoms with E-state index in [0.29, 0.717) is 23.5 Å². The minimum atomic E-state index is -4.47. The number of fused-ring (bicyclic) bond motifs is 1. The van der Waals surface area contributed by atoms with Crippen molar-refractivity contribution >= 4 is 28.1 Å². The molecule has 4 nitrogen and oxygen atoms in total. The Hall–Kier alpha value is -2.97. The van der Waals surface area contributed by atoms with Gasteiger partial charge < -0.3 is 10.2 Å². The van der Waals surface area contributed by atoms with Gasteiger partial charge >= 0.3 is 6.18 Å². The molecule has 2 aromatic carbocycles. The molecule has 1 N–H and O–H groups in total. The quantitative estimate of drug-likeness (QED) is 0.305. The predicted molar refractivity (Wildman–Crippen MR) is 130 cm³/mol. The number of nitrogens with zero attached hydrogens (tertiary/aromatic N) is 3. The number of aromatic nitrogens is 2. The van der Waals surface area contributed by atoms with Crippen LogP contribution in [0.25, 0.3) is 32.7 Å². The van der Waals surface area contributed by atoms with E-state index in [1.165, 1.54) is 17.4 Å². The van der Waals surface area contributed by atoms with Gasteiger partial charge in [-0.25, -0.2) is 9.97 Å². The molecule has 4 rings (SSSR count). The van der Waals surface area contributed by atoms with Crippen LogP contribution >= 0.6 is 11.3 Å². The number of benzene rings is 2. The fourth-order valence-electron chi connectivity index (χ4n) is 3.67. The number of halogens is 3. The van der Waals surface area contributed by atoms with E-state index in [4.69, 9.17) is 0 Å². The van der Waals surface area contributed by atoms with Crippen LogP contribution in [0.2, 0.25) is 0 Å². The molecule has 2 aromatic heterocycles. The lowest BCUT2D eigenvalue weighted by molar-refractivity contribution is -0.137. The van der Waals surface area contributed by atoms with Crippen molar-refractivity contribution in [1.82, 2.24) is 14.9 Å². The van der Waals surface area contributed by atoms with E-state index in [2.05, 4.69) is 20.2 Å². The van der Waals surface area contributed by atoms with Crippen LogP contribution in [0.15, 0.2) is 53.9 Å². The Morgan fingerprint density at radius 2 is 1.79 bits per heavy atom. The zero-order chi connectivity index (χ0) is 23.6. The van der Waals surface area contributed by atoms with Crippen LogP contribution in [-0.4, -0.2) is 42.1 Å². The van der Waals surface area contributed by atoms with Crippen LogP contribution < -0.4 is 5.32 Å². The largest absolute Gasteiger partial charge is 0.416 e. The lowest BCUT2D eigenvalue weighted by Gasteiger charge is -2.15. The van der Waals surface area contributed by atoms with Crippen LogP contribution in [-0.2, 0) is 6.18 Å². The fourth-order valence-corrected chi connectivity index (χ4v) is 4.38. The third kappa shape index (κ3) is 5.34. The monoisotopic (exact) mass is 470 g/mol. The average molecular weight is 471 g/mol. The molecule has 0 atom stereocenters. The number of alkyl halides is 3. The van der Waals surface area contributed by atoms with Gasteiger partial charge in [0.1, 0.15) is 5.82 Å². The van der Waals surface area contributed by atoms with Crippen molar-refractivity contribution in [2.75, 3.05) is 32.5 Å². The molecular formula is C25H25F3N4S. The Kier molecular flexibility index (Phi) is 6.67. The molecule has 0 fully saturated rings. The van der Waals surface area contributed by atoms with Gasteiger partial charge in [-0.05, 0) is 80.8 Å². The summed E-state index contributed by atoms with van der Waals surface area (Å²) in [6.07, 6.45) is -3.56. The number of para-hydroxylation sites is 1. The molecule has 0 spiro atoms. The average Bonchev–Trinajstić information content (AvgIpc) is 3.31. The fraction of sp³-hybridized carbons (Fsp3) is 0.280. The molecule has 0 aliphatic carbocycles. The Bertz CT molecular complexity index is 1250. The van der Waals surface area contributed by atoms with Crippen molar-refractivity contribution in [2.24, 2.45) is 0 Å². The van der Waals surface area contributed by atoms with E-state index in [9.17, 15) is 13.2 Å². The first kappa shape index (κ1) is 23.2. The third-order valence-corrected chi connectivity index (χ3v) is 6.25. The van der Waals surface area contributed by atoms with Gasteiger partial charge in [-0.1, -0.05) is 18.2 Å². The second-order valence-corrected chi connectivity index (χ2v) is 9.17. The SMILES string of the molecule is Cc1cccc2c(NCCCN(C)C)nc(-c3cc(-c4cccs4)cc(C(F)(F)F)c3)nc12. The van der Waals surface area contributed by atoms with Gasteiger partial charge in [0.05, 0.1) is 11.1 Å². The van der Waals surface area contributed by atoms with Gasteiger partial charge in [0.25, 0.3) is 0 Å². The summed E-state index contributed by atoms with van der Waals surface area (Å²) in [5.41, 5.74) is 1.81. The number of hydrogen-bond donors (Lipinski definition) is 1. The molecule has 4 aromatic rings. The predicted octanol–water partition coefficient (Wildman–Crippen LogP) is 6.72. The third-order valence-electron chi connectivity index (χ3n) is 5.33. The molecule has 2 heterocycles. The van der Waals surface area contributed by atoms with E-state index in [0.717, 1.165) is 40.4 Å². The molecule has 33 heavy (non-hydrogen) atoms. The van der Waals surface area contributed by atoms with Crippen LogP contribution in [0.3, 0.4) is 0 Å². The molecule has 0 aliphatic rings. The van der Waals surface area contributed by atoms with Crippen molar-refractivity contribution in [3.63, 3.8) is 0 Å². The van der Waals surface area contributed by atoms with E-state index < -0.39 is 11.7 Å². The zero-order valence-corrected chi connectivity index (χ0v) is 19.5. The molecule has 0 saturated heterocycles. The summed E-state index contributed by atoms with van der Waals surface area (Å²) in [6.45, 7) is 3.55. The maximum atomic E-state index is 13.7. The molecule has 0 unspecified atom stereocenters. The molecular weight excluding hydrogens is 445 g/mol. The van der Waals surface area contributed by atoms with Gasteiger partial charge in [0.15, 0.2) is 5.82 Å². The summed E-state index contributed by atoms with van der Waals surface area (Å²) < 4.78 is 41.2. The van der Waals surface area contributed by atoms with Crippen molar-refractivity contribution < 1.29 is 13.2 Å². The second-order valence-electron chi connectivity index (χ2n) is 8.22. The number of nitrogens with one attached hydrogen (secondary N) is 1. The number of hydrogen-bond acceptors (Lipinski definition) is 5. The van der Waals surface area contributed by atoms with Crippen LogP contribution in [0.4, 0.5) is 19.0 Å². The smallest absolute Gasteiger partial charge is 0.369 e. The highest BCUT2D eigenvalue weighted by atomic mass is 32.1. The highest BCUT2D eigenvalue weighted by molar-refractivity contribution is 7.13. The summed E-state index contributed by atoms with van der Waals surface area (Å²) in [7, 11) is 4.03.